The van der Waals surface area contributed by atoms with Gasteiger partial charge in [0.1, 0.15) is 39.2 Å². The summed E-state index contributed by atoms with van der Waals surface area (Å²) in [6, 6.07) is 30.6. The second kappa shape index (κ2) is 22.4. The highest BCUT2D eigenvalue weighted by atomic mass is 32.2. The van der Waals surface area contributed by atoms with E-state index in [0.29, 0.717) is 56.7 Å². The first-order chi connectivity index (χ1) is 34.6. The van der Waals surface area contributed by atoms with Crippen LogP contribution in [0.15, 0.2) is 172 Å². The van der Waals surface area contributed by atoms with E-state index in [4.69, 9.17) is 24.5 Å². The summed E-state index contributed by atoms with van der Waals surface area (Å²) in [7, 11) is -12.2. The minimum Gasteiger partial charge on any atom is -0.505 e. The Bertz CT molecular complexity index is 3690. The van der Waals surface area contributed by atoms with Gasteiger partial charge in [-0.15, -0.1) is 15.3 Å². The lowest BCUT2D eigenvalue weighted by Crippen LogP contribution is -2.08. The summed E-state index contributed by atoms with van der Waals surface area (Å²) in [4.78, 5) is -0.985. The van der Waals surface area contributed by atoms with E-state index in [1.54, 1.807) is 92.7 Å². The number of nitrogen functional groups attached to an aromatic ring is 1. The van der Waals surface area contributed by atoms with Crippen molar-refractivity contribution in [2.75, 3.05) is 37.3 Å². The van der Waals surface area contributed by atoms with Gasteiger partial charge in [0.2, 0.25) is 0 Å². The molecule has 7 aromatic carbocycles. The van der Waals surface area contributed by atoms with Crippen LogP contribution in [-0.4, -0.2) is 70.2 Å². The van der Waals surface area contributed by atoms with Crippen LogP contribution in [0.2, 0.25) is 0 Å². The van der Waals surface area contributed by atoms with Gasteiger partial charge in [-0.05, 0) is 146 Å². The number of phenols is 1. The van der Waals surface area contributed by atoms with Crippen LogP contribution in [0.1, 0.15) is 17.5 Å². The second-order valence-electron chi connectivity index (χ2n) is 15.7. The number of methoxy groups -OCH3 is 1. The number of nitrogens with one attached hydrogen (secondary N) is 1. The SMILES string of the molecule is COc1cc(N=Nc2ccc(N=Nc3ccc(N=Nc4ccc(S(=O)(=O)O)cc4C)cc3OCCCS(=O)(=O)O)c(C)c2)ccc1N=Nc1c(S(=O)(=O)O)cc2cc(NCOc3ccc(N)cc3)ccc2c1O. The summed E-state index contributed by atoms with van der Waals surface area (Å²) in [5.41, 5.74) is 9.62. The summed E-state index contributed by atoms with van der Waals surface area (Å²) in [6.45, 7) is 3.30. The first kappa shape index (κ1) is 52.6. The predicted molar refractivity (Wildman–Crippen MR) is 270 cm³/mol. The summed E-state index contributed by atoms with van der Waals surface area (Å²) < 4.78 is 116. The highest BCUT2D eigenvalue weighted by Crippen LogP contribution is 2.43. The zero-order valence-electron chi connectivity index (χ0n) is 38.7. The average Bonchev–Trinajstić information content (AvgIpc) is 3.33. The lowest BCUT2D eigenvalue weighted by atomic mass is 10.1. The molecule has 0 amide bonds. The fraction of sp³-hybridized carbons (Fsp3) is 0.149. The van der Waals surface area contributed by atoms with Gasteiger partial charge in [0.25, 0.3) is 30.4 Å². The summed E-state index contributed by atoms with van der Waals surface area (Å²) >= 11 is 0. The third kappa shape index (κ3) is 14.2. The van der Waals surface area contributed by atoms with E-state index in [9.17, 15) is 39.5 Å². The number of hydrogen-bond donors (Lipinski definition) is 6. The zero-order valence-corrected chi connectivity index (χ0v) is 41.2. The first-order valence-electron chi connectivity index (χ1n) is 21.4. The number of hydrogen-bond acceptors (Lipinski definition) is 20. The molecule has 73 heavy (non-hydrogen) atoms. The number of rotatable bonds is 20. The smallest absolute Gasteiger partial charge is 0.296 e. The Morgan fingerprint density at radius 1 is 0.575 bits per heavy atom. The van der Waals surface area contributed by atoms with E-state index in [-0.39, 0.29) is 58.3 Å². The van der Waals surface area contributed by atoms with Crippen molar-refractivity contribution in [3.8, 4) is 23.0 Å². The van der Waals surface area contributed by atoms with E-state index >= 15 is 0 Å². The molecule has 0 bridgehead atoms. The van der Waals surface area contributed by atoms with Crippen molar-refractivity contribution in [3.05, 3.63) is 132 Å². The zero-order chi connectivity index (χ0) is 52.5. The minimum atomic E-state index is -4.91. The molecule has 0 saturated heterocycles. The first-order valence-corrected chi connectivity index (χ1v) is 25.9. The van der Waals surface area contributed by atoms with Crippen molar-refractivity contribution in [1.82, 2.24) is 0 Å². The Kier molecular flexibility index (Phi) is 16.1. The Morgan fingerprint density at radius 3 is 1.75 bits per heavy atom. The van der Waals surface area contributed by atoms with E-state index in [0.717, 1.165) is 6.07 Å². The van der Waals surface area contributed by atoms with Gasteiger partial charge in [0.05, 0.1) is 52.8 Å². The van der Waals surface area contributed by atoms with Crippen molar-refractivity contribution in [2.24, 2.45) is 40.9 Å². The van der Waals surface area contributed by atoms with E-state index in [2.05, 4.69) is 46.2 Å². The van der Waals surface area contributed by atoms with Gasteiger partial charge >= 0.3 is 0 Å². The number of phenolic OH excluding ortho intramolecular Hbond substituents is 1. The molecule has 0 aromatic heterocycles. The van der Waals surface area contributed by atoms with Crippen LogP contribution in [0.4, 0.5) is 56.9 Å². The van der Waals surface area contributed by atoms with Crippen LogP contribution in [-0.2, 0) is 30.4 Å². The Hall–Kier alpha value is -8.27. The molecule has 26 heteroatoms. The number of nitrogens with zero attached hydrogens (tertiary/aromatic N) is 8. The highest BCUT2D eigenvalue weighted by molar-refractivity contribution is 7.86. The van der Waals surface area contributed by atoms with E-state index in [1.165, 1.54) is 43.5 Å². The molecule has 0 atom stereocenters. The van der Waals surface area contributed by atoms with Gasteiger partial charge in [-0.2, -0.15) is 50.8 Å². The third-order valence-electron chi connectivity index (χ3n) is 10.4. The van der Waals surface area contributed by atoms with Crippen LogP contribution < -0.4 is 25.3 Å². The van der Waals surface area contributed by atoms with Crippen LogP contribution in [0.3, 0.4) is 0 Å². The largest absolute Gasteiger partial charge is 0.505 e. The molecule has 0 aliphatic heterocycles. The molecule has 7 rings (SSSR count). The van der Waals surface area contributed by atoms with Gasteiger partial charge in [0.15, 0.2) is 12.5 Å². The van der Waals surface area contributed by atoms with Crippen molar-refractivity contribution < 1.29 is 58.2 Å². The molecular formula is C47H44N10O13S3. The molecule has 0 fully saturated rings. The molecule has 0 spiro atoms. The summed E-state index contributed by atoms with van der Waals surface area (Å²) in [6.07, 6.45) is -0.0405. The number of azo groups is 4. The molecule has 0 heterocycles. The molecular weight excluding hydrogens is 1010 g/mol. The molecule has 7 aromatic rings. The Morgan fingerprint density at radius 2 is 1.14 bits per heavy atom. The Balaban J connectivity index is 1.05. The number of ether oxygens (including phenoxy) is 3. The predicted octanol–water partition coefficient (Wildman–Crippen LogP) is 12.0. The number of nitrogens with two attached hydrogens (primary N) is 1. The maximum Gasteiger partial charge on any atom is 0.296 e. The van der Waals surface area contributed by atoms with Crippen LogP contribution in [0.25, 0.3) is 10.8 Å². The number of fused-ring (bicyclic) bond motifs is 1. The van der Waals surface area contributed by atoms with Gasteiger partial charge in [-0.25, -0.2) is 0 Å². The molecule has 23 nitrogen and oxygen atoms in total. The maximum atomic E-state index is 12.6. The number of aryl methyl sites for hydroxylation is 2. The van der Waals surface area contributed by atoms with Gasteiger partial charge in [-0.1, -0.05) is 0 Å². The summed E-state index contributed by atoms with van der Waals surface area (Å²) in [5.74, 6) is -0.190. The molecule has 0 unspecified atom stereocenters. The quantitative estimate of drug-likeness (QED) is 0.0136. The van der Waals surface area contributed by atoms with Crippen molar-refractivity contribution in [2.45, 2.75) is 30.1 Å². The van der Waals surface area contributed by atoms with Gasteiger partial charge in [-0.3, -0.25) is 13.7 Å². The normalized spacial score (nSPS) is 12.4. The monoisotopic (exact) mass is 1050 g/mol. The fourth-order valence-corrected chi connectivity index (χ4v) is 8.38. The average molecular weight is 1050 g/mol. The van der Waals surface area contributed by atoms with Crippen LogP contribution >= 0.6 is 0 Å². The molecule has 0 aliphatic rings. The number of anilines is 2. The van der Waals surface area contributed by atoms with Gasteiger partial charge < -0.3 is 30.4 Å². The Labute approximate surface area is 418 Å². The second-order valence-corrected chi connectivity index (χ2v) is 20.1. The number of benzene rings is 7. The third-order valence-corrected chi connectivity index (χ3v) is 12.9. The summed E-state index contributed by atoms with van der Waals surface area (Å²) in [5, 5.41) is 48.6. The van der Waals surface area contributed by atoms with Crippen LogP contribution in [0, 0.1) is 13.8 Å². The molecule has 0 saturated carbocycles. The molecule has 0 radical (unpaired) electrons. The van der Waals surface area contributed by atoms with Gasteiger partial charge in [0, 0.05) is 28.9 Å². The molecule has 7 N–H and O–H groups in total. The maximum absolute atomic E-state index is 12.6. The molecule has 378 valence electrons. The topological polar surface area (TPSA) is 348 Å². The lowest BCUT2D eigenvalue weighted by molar-refractivity contribution is 0.317. The molecule has 0 aliphatic carbocycles. The van der Waals surface area contributed by atoms with Crippen LogP contribution in [0.5, 0.6) is 23.0 Å². The van der Waals surface area contributed by atoms with E-state index in [1.807, 2.05) is 0 Å². The number of aromatic hydroxyl groups is 1. The standard InChI is InChI=1S/C47H44N10O13S3/c1-28-21-33(8-15-39(28)54-55-42-17-10-35(26-44(42)69-19-4-20-71(59,60)61)52-53-40-18-13-37(22-29(40)2)72(62,63)64)50-51-34-9-16-41(43(25-34)68-3)56-57-46-45(73(65,66)67)24-30-23-32(7-14-38(30)47(46)58)49-27-70-36-11-5-31(48)6-12-36/h5-18,21-26,49,58H,4,19-20,27,48H2,1-3H3,(H,59,60,61)(H,62,63,64)(H,65,66,67). The lowest BCUT2D eigenvalue weighted by Gasteiger charge is -2.12. The van der Waals surface area contributed by atoms with Crippen molar-refractivity contribution in [1.29, 1.82) is 0 Å². The van der Waals surface area contributed by atoms with Crippen molar-refractivity contribution >= 4 is 98.0 Å². The fourth-order valence-electron chi connectivity index (χ4n) is 6.67. The van der Waals surface area contributed by atoms with E-state index < -0.39 is 52.4 Å². The minimum absolute atomic E-state index is 0.0405. The van der Waals surface area contributed by atoms with Crippen molar-refractivity contribution in [3.63, 3.8) is 0 Å². The highest BCUT2D eigenvalue weighted by Gasteiger charge is 2.23.